The third-order valence-electron chi connectivity index (χ3n) is 5.51. The zero-order valence-corrected chi connectivity index (χ0v) is 17.1. The molecule has 1 aromatic rings. The Balaban J connectivity index is 1.49. The van der Waals surface area contributed by atoms with Crippen LogP contribution in [0.15, 0.2) is 5.16 Å². The lowest BCUT2D eigenvalue weighted by atomic mass is 9.86. The third kappa shape index (κ3) is 5.00. The van der Waals surface area contributed by atoms with Crippen LogP contribution < -0.4 is 5.32 Å². The number of nitrogens with one attached hydrogen (secondary N) is 1. The van der Waals surface area contributed by atoms with E-state index in [2.05, 4.69) is 22.4 Å². The molecule has 0 unspecified atom stereocenters. The van der Waals surface area contributed by atoms with Gasteiger partial charge < -0.3 is 9.88 Å². The minimum absolute atomic E-state index is 0.0418. The van der Waals surface area contributed by atoms with Gasteiger partial charge >= 0.3 is 0 Å². The Hall–Kier alpha value is -1.09. The Labute approximate surface area is 159 Å². The first-order valence-corrected chi connectivity index (χ1v) is 12.2. The molecule has 0 aromatic carbocycles. The number of carbonyl (C=O) groups excluding carboxylic acids is 1. The predicted octanol–water partition coefficient (Wildman–Crippen LogP) is 1.58. The second-order valence-electron chi connectivity index (χ2n) is 7.66. The van der Waals surface area contributed by atoms with Crippen molar-refractivity contribution in [3.63, 3.8) is 0 Å². The van der Waals surface area contributed by atoms with E-state index in [9.17, 15) is 13.2 Å². The van der Waals surface area contributed by atoms with Gasteiger partial charge in [-0.3, -0.25) is 4.79 Å². The van der Waals surface area contributed by atoms with Crippen molar-refractivity contribution in [3.05, 3.63) is 5.82 Å². The summed E-state index contributed by atoms with van der Waals surface area (Å²) in [5, 5.41) is 12.2. The van der Waals surface area contributed by atoms with Crippen LogP contribution in [0.3, 0.4) is 0 Å². The molecule has 0 bridgehead atoms. The van der Waals surface area contributed by atoms with Crippen molar-refractivity contribution < 1.29 is 13.2 Å². The fourth-order valence-electron chi connectivity index (χ4n) is 3.85. The fourth-order valence-corrected chi connectivity index (χ4v) is 6.45. The van der Waals surface area contributed by atoms with E-state index in [0.717, 1.165) is 12.2 Å². The highest BCUT2D eigenvalue weighted by Crippen LogP contribution is 2.25. The van der Waals surface area contributed by atoms with E-state index < -0.39 is 9.84 Å². The quantitative estimate of drug-likeness (QED) is 0.729. The summed E-state index contributed by atoms with van der Waals surface area (Å²) in [4.78, 5) is 12.2. The Morgan fingerprint density at radius 2 is 2.04 bits per heavy atom. The highest BCUT2D eigenvalue weighted by atomic mass is 32.2. The van der Waals surface area contributed by atoms with E-state index in [1.54, 1.807) is 0 Å². The van der Waals surface area contributed by atoms with Crippen LogP contribution in [-0.4, -0.2) is 52.4 Å². The summed E-state index contributed by atoms with van der Waals surface area (Å²) in [5.41, 5.74) is 0. The van der Waals surface area contributed by atoms with E-state index in [0.29, 0.717) is 29.7 Å². The number of carbonyl (C=O) groups is 1. The van der Waals surface area contributed by atoms with E-state index >= 15 is 0 Å². The first-order valence-electron chi connectivity index (χ1n) is 9.35. The first-order chi connectivity index (χ1) is 12.3. The molecule has 1 aliphatic heterocycles. The SMILES string of the molecule is C[C@H]1CCCC[C@@H]1NC(=O)CSc1nnc(C[C@@H]2CCS(=O)(=O)C2)n1C. The number of nitrogens with zero attached hydrogens (tertiary/aromatic N) is 3. The first kappa shape index (κ1) is 19.7. The van der Waals surface area contributed by atoms with E-state index in [1.807, 2.05) is 11.6 Å². The Morgan fingerprint density at radius 3 is 2.73 bits per heavy atom. The molecule has 1 aromatic heterocycles. The zero-order valence-electron chi connectivity index (χ0n) is 15.5. The highest BCUT2D eigenvalue weighted by molar-refractivity contribution is 7.99. The normalized spacial score (nSPS) is 28.2. The van der Waals surface area contributed by atoms with Crippen molar-refractivity contribution in [2.75, 3.05) is 17.3 Å². The van der Waals surface area contributed by atoms with Gasteiger partial charge in [0, 0.05) is 19.5 Å². The van der Waals surface area contributed by atoms with Crippen molar-refractivity contribution >= 4 is 27.5 Å². The lowest BCUT2D eigenvalue weighted by Gasteiger charge is -2.29. The fraction of sp³-hybridized carbons (Fsp3) is 0.824. The number of thioether (sulfide) groups is 1. The lowest BCUT2D eigenvalue weighted by molar-refractivity contribution is -0.119. The van der Waals surface area contributed by atoms with Gasteiger partial charge in [-0.1, -0.05) is 31.5 Å². The third-order valence-corrected chi connectivity index (χ3v) is 8.37. The summed E-state index contributed by atoms with van der Waals surface area (Å²) in [7, 11) is -1.00. The number of hydrogen-bond acceptors (Lipinski definition) is 6. The molecule has 2 heterocycles. The maximum atomic E-state index is 12.2. The Bertz CT molecular complexity index is 747. The minimum atomic E-state index is -2.88. The molecule has 26 heavy (non-hydrogen) atoms. The van der Waals surface area contributed by atoms with Crippen LogP contribution in [0.2, 0.25) is 0 Å². The van der Waals surface area contributed by atoms with Gasteiger partial charge in [0.05, 0.1) is 17.3 Å². The van der Waals surface area contributed by atoms with Crippen molar-refractivity contribution in [1.29, 1.82) is 0 Å². The molecule has 7 nitrogen and oxygen atoms in total. The van der Waals surface area contributed by atoms with E-state index in [4.69, 9.17) is 0 Å². The Morgan fingerprint density at radius 1 is 1.27 bits per heavy atom. The molecule has 2 aliphatic rings. The molecule has 1 amide bonds. The number of rotatable bonds is 6. The molecule has 1 N–H and O–H groups in total. The smallest absolute Gasteiger partial charge is 0.230 e. The zero-order chi connectivity index (χ0) is 18.7. The van der Waals surface area contributed by atoms with Gasteiger partial charge in [-0.05, 0) is 31.1 Å². The number of amides is 1. The van der Waals surface area contributed by atoms with Crippen LogP contribution in [0.5, 0.6) is 0 Å². The summed E-state index contributed by atoms with van der Waals surface area (Å²) in [5.74, 6) is 2.34. The second kappa shape index (κ2) is 8.29. The topological polar surface area (TPSA) is 94.0 Å². The van der Waals surface area contributed by atoms with Crippen LogP contribution in [0, 0.1) is 11.8 Å². The average Bonchev–Trinajstić information content (AvgIpc) is 3.11. The maximum Gasteiger partial charge on any atom is 0.230 e. The Kier molecular flexibility index (Phi) is 6.27. The number of aromatic nitrogens is 3. The summed E-state index contributed by atoms with van der Waals surface area (Å²) in [6.45, 7) is 2.20. The standard InChI is InChI=1S/C17H28N4O3S2/c1-12-5-3-4-6-14(12)18-16(22)10-25-17-20-19-15(21(17)2)9-13-7-8-26(23,24)11-13/h12-14H,3-11H2,1-2H3,(H,18,22)/t12-,13-,14-/m0/s1. The van der Waals surface area contributed by atoms with Crippen molar-refractivity contribution in [2.24, 2.45) is 18.9 Å². The van der Waals surface area contributed by atoms with Gasteiger partial charge in [0.15, 0.2) is 15.0 Å². The lowest BCUT2D eigenvalue weighted by Crippen LogP contribution is -2.41. The maximum absolute atomic E-state index is 12.2. The van der Waals surface area contributed by atoms with Gasteiger partial charge in [0.25, 0.3) is 0 Å². The molecule has 1 saturated heterocycles. The molecule has 0 spiro atoms. The van der Waals surface area contributed by atoms with Crippen LogP contribution in [0.1, 0.15) is 44.9 Å². The van der Waals surface area contributed by atoms with E-state index in [1.165, 1.54) is 31.0 Å². The van der Waals surface area contributed by atoms with Gasteiger partial charge in [-0.2, -0.15) is 0 Å². The molecule has 1 saturated carbocycles. The molecule has 9 heteroatoms. The number of hydrogen-bond donors (Lipinski definition) is 1. The molecule has 0 radical (unpaired) electrons. The van der Waals surface area contributed by atoms with Crippen LogP contribution in [-0.2, 0) is 28.1 Å². The van der Waals surface area contributed by atoms with Gasteiger partial charge in [0.2, 0.25) is 5.91 Å². The van der Waals surface area contributed by atoms with Crippen LogP contribution in [0.25, 0.3) is 0 Å². The summed E-state index contributed by atoms with van der Waals surface area (Å²) >= 11 is 1.38. The monoisotopic (exact) mass is 400 g/mol. The van der Waals surface area contributed by atoms with Crippen molar-refractivity contribution in [3.8, 4) is 0 Å². The molecule has 1 aliphatic carbocycles. The van der Waals surface area contributed by atoms with Crippen molar-refractivity contribution in [2.45, 2.75) is 56.6 Å². The molecule has 146 valence electrons. The van der Waals surface area contributed by atoms with Crippen LogP contribution >= 0.6 is 11.8 Å². The van der Waals surface area contributed by atoms with Gasteiger partial charge in [0.1, 0.15) is 5.82 Å². The average molecular weight is 401 g/mol. The van der Waals surface area contributed by atoms with Gasteiger partial charge in [-0.25, -0.2) is 8.42 Å². The minimum Gasteiger partial charge on any atom is -0.352 e. The number of sulfone groups is 1. The van der Waals surface area contributed by atoms with Crippen molar-refractivity contribution in [1.82, 2.24) is 20.1 Å². The van der Waals surface area contributed by atoms with E-state index in [-0.39, 0.29) is 29.4 Å². The molecular formula is C17H28N4O3S2. The molecular weight excluding hydrogens is 372 g/mol. The summed E-state index contributed by atoms with van der Waals surface area (Å²) in [6.07, 6.45) is 6.00. The largest absolute Gasteiger partial charge is 0.352 e. The summed E-state index contributed by atoms with van der Waals surface area (Å²) in [6, 6.07) is 0.288. The summed E-state index contributed by atoms with van der Waals surface area (Å²) < 4.78 is 25.1. The molecule has 2 fully saturated rings. The molecule has 3 atom stereocenters. The molecule has 3 rings (SSSR count). The van der Waals surface area contributed by atoms with Crippen LogP contribution in [0.4, 0.5) is 0 Å². The predicted molar refractivity (Wildman–Crippen MR) is 102 cm³/mol. The second-order valence-corrected chi connectivity index (χ2v) is 10.8. The highest BCUT2D eigenvalue weighted by Gasteiger charge is 2.29. The van der Waals surface area contributed by atoms with Gasteiger partial charge in [-0.15, -0.1) is 10.2 Å².